The van der Waals surface area contributed by atoms with E-state index in [9.17, 15) is 4.79 Å². The summed E-state index contributed by atoms with van der Waals surface area (Å²) in [6.45, 7) is 1.42. The summed E-state index contributed by atoms with van der Waals surface area (Å²) < 4.78 is 5.82. The SMILES string of the molecule is CC(=O)C(Oc1ccnc2cc(Cl)ccc12)c1nccnn1. The van der Waals surface area contributed by atoms with Gasteiger partial charge >= 0.3 is 0 Å². The lowest BCUT2D eigenvalue weighted by atomic mass is 10.2. The zero-order valence-corrected chi connectivity index (χ0v) is 12.4. The molecule has 22 heavy (non-hydrogen) atoms. The van der Waals surface area contributed by atoms with Crippen molar-refractivity contribution in [3.63, 3.8) is 0 Å². The van der Waals surface area contributed by atoms with Gasteiger partial charge in [-0.15, -0.1) is 5.10 Å². The van der Waals surface area contributed by atoms with Gasteiger partial charge in [0.1, 0.15) is 5.75 Å². The first-order valence-electron chi connectivity index (χ1n) is 6.50. The maximum atomic E-state index is 11.9. The minimum absolute atomic E-state index is 0.216. The van der Waals surface area contributed by atoms with E-state index in [1.54, 1.807) is 30.5 Å². The molecule has 0 aliphatic heterocycles. The van der Waals surface area contributed by atoms with E-state index in [1.165, 1.54) is 19.3 Å². The Morgan fingerprint density at radius 3 is 2.77 bits per heavy atom. The Morgan fingerprint density at radius 1 is 1.18 bits per heavy atom. The zero-order valence-electron chi connectivity index (χ0n) is 11.6. The monoisotopic (exact) mass is 314 g/mol. The third-order valence-corrected chi connectivity index (χ3v) is 3.25. The van der Waals surface area contributed by atoms with Crippen LogP contribution in [0, 0.1) is 0 Å². The summed E-state index contributed by atoms with van der Waals surface area (Å²) in [7, 11) is 0. The first-order chi connectivity index (χ1) is 10.6. The number of ether oxygens (including phenoxy) is 1. The van der Waals surface area contributed by atoms with Crippen LogP contribution in [-0.2, 0) is 4.79 Å². The molecule has 0 aliphatic carbocycles. The van der Waals surface area contributed by atoms with Gasteiger partial charge in [0.15, 0.2) is 11.6 Å². The lowest BCUT2D eigenvalue weighted by Crippen LogP contribution is -2.19. The number of carbonyl (C=O) groups is 1. The highest BCUT2D eigenvalue weighted by molar-refractivity contribution is 6.31. The van der Waals surface area contributed by atoms with Gasteiger partial charge in [0.2, 0.25) is 6.10 Å². The Balaban J connectivity index is 2.02. The molecule has 2 heterocycles. The molecular formula is C15H11ClN4O2. The lowest BCUT2D eigenvalue weighted by Gasteiger charge is -2.15. The van der Waals surface area contributed by atoms with Gasteiger partial charge < -0.3 is 4.74 Å². The van der Waals surface area contributed by atoms with Crippen molar-refractivity contribution in [3.05, 3.63) is 53.7 Å². The average molecular weight is 315 g/mol. The van der Waals surface area contributed by atoms with E-state index in [2.05, 4.69) is 20.2 Å². The molecule has 0 spiro atoms. The third kappa shape index (κ3) is 2.87. The maximum Gasteiger partial charge on any atom is 0.217 e. The van der Waals surface area contributed by atoms with Gasteiger partial charge in [-0.1, -0.05) is 11.6 Å². The summed E-state index contributed by atoms with van der Waals surface area (Å²) in [4.78, 5) is 20.1. The van der Waals surface area contributed by atoms with Crippen molar-refractivity contribution < 1.29 is 9.53 Å². The first kappa shape index (κ1) is 14.3. The van der Waals surface area contributed by atoms with Gasteiger partial charge in [0.25, 0.3) is 0 Å². The fourth-order valence-corrected chi connectivity index (χ4v) is 2.19. The van der Waals surface area contributed by atoms with Crippen LogP contribution in [0.1, 0.15) is 18.9 Å². The summed E-state index contributed by atoms with van der Waals surface area (Å²) in [5, 5.41) is 8.91. The van der Waals surface area contributed by atoms with E-state index < -0.39 is 6.10 Å². The lowest BCUT2D eigenvalue weighted by molar-refractivity contribution is -0.124. The van der Waals surface area contributed by atoms with Crippen LogP contribution in [0.4, 0.5) is 0 Å². The molecule has 0 bridgehead atoms. The molecule has 0 saturated heterocycles. The molecule has 1 aromatic carbocycles. The highest BCUT2D eigenvalue weighted by Gasteiger charge is 2.23. The van der Waals surface area contributed by atoms with Gasteiger partial charge in [-0.3, -0.25) is 9.78 Å². The first-order valence-corrected chi connectivity index (χ1v) is 6.88. The number of ketones is 1. The van der Waals surface area contributed by atoms with Crippen molar-refractivity contribution in [1.82, 2.24) is 20.2 Å². The van der Waals surface area contributed by atoms with Gasteiger partial charge in [-0.05, 0) is 31.2 Å². The van der Waals surface area contributed by atoms with Gasteiger partial charge in [-0.25, -0.2) is 4.98 Å². The number of aromatic nitrogens is 4. The van der Waals surface area contributed by atoms with Crippen molar-refractivity contribution in [1.29, 1.82) is 0 Å². The molecule has 0 aliphatic rings. The van der Waals surface area contributed by atoms with Crippen LogP contribution in [0.5, 0.6) is 5.75 Å². The maximum absolute atomic E-state index is 11.9. The molecule has 2 aromatic heterocycles. The van der Waals surface area contributed by atoms with Crippen LogP contribution < -0.4 is 4.74 Å². The van der Waals surface area contributed by atoms with Crippen LogP contribution in [0.25, 0.3) is 10.9 Å². The van der Waals surface area contributed by atoms with Crippen molar-refractivity contribution in [2.45, 2.75) is 13.0 Å². The molecule has 0 radical (unpaired) electrons. The van der Waals surface area contributed by atoms with E-state index in [-0.39, 0.29) is 11.6 Å². The summed E-state index contributed by atoms with van der Waals surface area (Å²) in [6.07, 6.45) is 3.57. The molecule has 0 amide bonds. The van der Waals surface area contributed by atoms with Gasteiger partial charge in [0, 0.05) is 22.8 Å². The normalized spacial score (nSPS) is 12.1. The Hall–Kier alpha value is -2.60. The number of rotatable bonds is 4. The molecule has 1 atom stereocenters. The molecule has 0 fully saturated rings. The Bertz CT molecular complexity index is 826. The fraction of sp³-hybridized carbons (Fsp3) is 0.133. The molecule has 0 saturated carbocycles. The number of carbonyl (C=O) groups excluding carboxylic acids is 1. The second-order valence-electron chi connectivity index (χ2n) is 4.58. The largest absolute Gasteiger partial charge is 0.474 e. The summed E-state index contributed by atoms with van der Waals surface area (Å²) in [5.74, 6) is 0.509. The highest BCUT2D eigenvalue weighted by Crippen LogP contribution is 2.29. The summed E-state index contributed by atoms with van der Waals surface area (Å²) >= 11 is 5.96. The number of pyridine rings is 1. The molecular weight excluding hydrogens is 304 g/mol. The Kier molecular flexibility index (Phi) is 3.93. The molecule has 6 nitrogen and oxygen atoms in total. The number of nitrogens with zero attached hydrogens (tertiary/aromatic N) is 4. The predicted octanol–water partition coefficient (Wildman–Crippen LogP) is 2.78. The van der Waals surface area contributed by atoms with E-state index >= 15 is 0 Å². The molecule has 110 valence electrons. The van der Waals surface area contributed by atoms with E-state index in [1.807, 2.05) is 0 Å². The van der Waals surface area contributed by atoms with E-state index in [0.717, 1.165) is 5.39 Å². The molecule has 7 heteroatoms. The minimum Gasteiger partial charge on any atom is -0.474 e. The van der Waals surface area contributed by atoms with Gasteiger partial charge in [0.05, 0.1) is 11.7 Å². The third-order valence-electron chi connectivity index (χ3n) is 3.01. The van der Waals surface area contributed by atoms with E-state index in [0.29, 0.717) is 16.3 Å². The predicted molar refractivity (Wildman–Crippen MR) is 80.6 cm³/mol. The minimum atomic E-state index is -0.921. The van der Waals surface area contributed by atoms with Crippen molar-refractivity contribution in [2.24, 2.45) is 0 Å². The highest BCUT2D eigenvalue weighted by atomic mass is 35.5. The molecule has 3 aromatic rings. The number of fused-ring (bicyclic) bond motifs is 1. The van der Waals surface area contributed by atoms with Crippen LogP contribution >= 0.6 is 11.6 Å². The summed E-state index contributed by atoms with van der Waals surface area (Å²) in [5.41, 5.74) is 0.680. The number of hydrogen-bond donors (Lipinski definition) is 0. The number of Topliss-reactive ketones (excluding diaryl/α,β-unsaturated/α-hetero) is 1. The van der Waals surface area contributed by atoms with Crippen molar-refractivity contribution in [3.8, 4) is 5.75 Å². The number of halogens is 1. The van der Waals surface area contributed by atoms with E-state index in [4.69, 9.17) is 16.3 Å². The smallest absolute Gasteiger partial charge is 0.217 e. The van der Waals surface area contributed by atoms with Crippen LogP contribution in [0.15, 0.2) is 42.9 Å². The molecule has 3 rings (SSSR count). The molecule has 0 N–H and O–H groups in total. The number of benzene rings is 1. The Labute approximate surface area is 131 Å². The summed E-state index contributed by atoms with van der Waals surface area (Å²) in [6, 6.07) is 6.94. The standard InChI is InChI=1S/C15H11ClN4O2/c1-9(21)14(15-18-6-7-19-20-15)22-13-4-5-17-12-8-10(16)2-3-11(12)13/h2-8,14H,1H3. The van der Waals surface area contributed by atoms with Gasteiger partial charge in [-0.2, -0.15) is 5.10 Å². The number of hydrogen-bond acceptors (Lipinski definition) is 6. The topological polar surface area (TPSA) is 77.9 Å². The Morgan fingerprint density at radius 2 is 2.05 bits per heavy atom. The van der Waals surface area contributed by atoms with Crippen LogP contribution in [0.3, 0.4) is 0 Å². The molecule has 1 unspecified atom stereocenters. The zero-order chi connectivity index (χ0) is 15.5. The quantitative estimate of drug-likeness (QED) is 0.737. The average Bonchev–Trinajstić information content (AvgIpc) is 2.52. The van der Waals surface area contributed by atoms with Crippen LogP contribution in [0.2, 0.25) is 5.02 Å². The van der Waals surface area contributed by atoms with Crippen LogP contribution in [-0.4, -0.2) is 25.9 Å². The second-order valence-corrected chi connectivity index (χ2v) is 5.02. The van der Waals surface area contributed by atoms with Crippen molar-refractivity contribution in [2.75, 3.05) is 0 Å². The van der Waals surface area contributed by atoms with Crippen molar-refractivity contribution >= 4 is 28.3 Å². The fourth-order valence-electron chi connectivity index (χ4n) is 2.02. The second kappa shape index (κ2) is 6.03.